The lowest BCUT2D eigenvalue weighted by Crippen LogP contribution is -2.41. The second-order valence-electron chi connectivity index (χ2n) is 5.86. The van der Waals surface area contributed by atoms with Crippen molar-refractivity contribution < 1.29 is 14.4 Å². The van der Waals surface area contributed by atoms with Crippen LogP contribution in [-0.2, 0) is 9.59 Å². The molecule has 0 fully saturated rings. The first kappa shape index (κ1) is 21.2. The standard InChI is InChI=1S/C21H20BrN3O3/c1-3-15-5-4-6-18(13-15)25(14-19(26)23-2)20(27)11-12-24-21(28)16-7-9-17(22)10-8-16/h1,4-10,13H,11-12,14H2,2H3,(H,23,26)(H,24,28). The van der Waals surface area contributed by atoms with Gasteiger partial charge in [-0.2, -0.15) is 0 Å². The molecule has 0 bridgehead atoms. The first-order chi connectivity index (χ1) is 13.4. The summed E-state index contributed by atoms with van der Waals surface area (Å²) in [4.78, 5) is 38.0. The molecule has 0 unspecified atom stereocenters. The molecule has 0 saturated heterocycles. The number of anilines is 1. The van der Waals surface area contributed by atoms with Crippen molar-refractivity contribution in [2.75, 3.05) is 25.0 Å². The number of hydrogen-bond donors (Lipinski definition) is 2. The van der Waals surface area contributed by atoms with Gasteiger partial charge in [-0.15, -0.1) is 6.42 Å². The average molecular weight is 442 g/mol. The Morgan fingerprint density at radius 2 is 1.86 bits per heavy atom. The zero-order valence-corrected chi connectivity index (χ0v) is 17.0. The molecular formula is C21H20BrN3O3. The zero-order valence-electron chi connectivity index (χ0n) is 15.4. The van der Waals surface area contributed by atoms with Gasteiger partial charge in [-0.1, -0.05) is 27.9 Å². The number of nitrogens with one attached hydrogen (secondary N) is 2. The summed E-state index contributed by atoms with van der Waals surface area (Å²) in [6, 6.07) is 13.7. The van der Waals surface area contributed by atoms with Crippen LogP contribution in [0.3, 0.4) is 0 Å². The van der Waals surface area contributed by atoms with Gasteiger partial charge in [0, 0.05) is 41.3 Å². The number of carbonyl (C=O) groups excluding carboxylic acids is 3. The number of benzene rings is 2. The van der Waals surface area contributed by atoms with Crippen molar-refractivity contribution in [1.82, 2.24) is 10.6 Å². The maximum absolute atomic E-state index is 12.7. The molecule has 0 atom stereocenters. The molecule has 0 aromatic heterocycles. The third kappa shape index (κ3) is 5.96. The highest BCUT2D eigenvalue weighted by Gasteiger charge is 2.19. The molecule has 0 heterocycles. The number of likely N-dealkylation sites (N-methyl/N-ethyl adjacent to an activating group) is 1. The van der Waals surface area contributed by atoms with Crippen molar-refractivity contribution in [3.8, 4) is 12.3 Å². The summed E-state index contributed by atoms with van der Waals surface area (Å²) in [5.41, 5.74) is 1.64. The minimum absolute atomic E-state index is 0.0412. The van der Waals surface area contributed by atoms with Gasteiger partial charge in [0.1, 0.15) is 6.54 Å². The van der Waals surface area contributed by atoms with Crippen LogP contribution in [0.2, 0.25) is 0 Å². The highest BCUT2D eigenvalue weighted by molar-refractivity contribution is 9.10. The molecule has 6 nitrogen and oxygen atoms in total. The van der Waals surface area contributed by atoms with Gasteiger partial charge in [0.15, 0.2) is 0 Å². The van der Waals surface area contributed by atoms with E-state index in [1.165, 1.54) is 11.9 Å². The minimum Gasteiger partial charge on any atom is -0.358 e. The van der Waals surface area contributed by atoms with Crippen LogP contribution >= 0.6 is 15.9 Å². The lowest BCUT2D eigenvalue weighted by atomic mass is 10.2. The molecule has 2 N–H and O–H groups in total. The van der Waals surface area contributed by atoms with E-state index in [9.17, 15) is 14.4 Å². The molecule has 7 heteroatoms. The summed E-state index contributed by atoms with van der Waals surface area (Å²) >= 11 is 3.31. The van der Waals surface area contributed by atoms with Crippen LogP contribution in [0.1, 0.15) is 22.3 Å². The van der Waals surface area contributed by atoms with Gasteiger partial charge in [0.05, 0.1) is 0 Å². The molecular weight excluding hydrogens is 422 g/mol. The maximum Gasteiger partial charge on any atom is 0.251 e. The van der Waals surface area contributed by atoms with Gasteiger partial charge in [0.2, 0.25) is 11.8 Å². The first-order valence-electron chi connectivity index (χ1n) is 8.56. The van der Waals surface area contributed by atoms with Gasteiger partial charge < -0.3 is 15.5 Å². The smallest absolute Gasteiger partial charge is 0.251 e. The van der Waals surface area contributed by atoms with Crippen molar-refractivity contribution in [3.05, 3.63) is 64.1 Å². The number of halogens is 1. The van der Waals surface area contributed by atoms with Crippen LogP contribution in [0, 0.1) is 12.3 Å². The monoisotopic (exact) mass is 441 g/mol. The van der Waals surface area contributed by atoms with Gasteiger partial charge >= 0.3 is 0 Å². The van der Waals surface area contributed by atoms with E-state index in [0.717, 1.165) is 4.47 Å². The number of nitrogens with zero attached hydrogens (tertiary/aromatic N) is 1. The van der Waals surface area contributed by atoms with Gasteiger partial charge in [0.25, 0.3) is 5.91 Å². The molecule has 0 radical (unpaired) electrons. The van der Waals surface area contributed by atoms with E-state index in [4.69, 9.17) is 6.42 Å². The maximum atomic E-state index is 12.7. The van der Waals surface area contributed by atoms with Crippen molar-refractivity contribution in [3.63, 3.8) is 0 Å². The number of rotatable bonds is 7. The Kier molecular flexibility index (Phi) is 7.78. The topological polar surface area (TPSA) is 78.5 Å². The lowest BCUT2D eigenvalue weighted by molar-refractivity contribution is -0.123. The first-order valence-corrected chi connectivity index (χ1v) is 9.35. The molecule has 0 spiro atoms. The minimum atomic E-state index is -0.307. The summed E-state index contributed by atoms with van der Waals surface area (Å²) in [6.07, 6.45) is 5.46. The van der Waals surface area contributed by atoms with Gasteiger partial charge in [-0.25, -0.2) is 0 Å². The summed E-state index contributed by atoms with van der Waals surface area (Å²) < 4.78 is 0.873. The molecule has 144 valence electrons. The number of amides is 3. The molecule has 0 aliphatic carbocycles. The molecule has 3 amide bonds. The van der Waals surface area contributed by atoms with E-state index in [1.54, 1.807) is 48.5 Å². The normalized spacial score (nSPS) is 9.89. The Morgan fingerprint density at radius 1 is 1.14 bits per heavy atom. The summed E-state index contributed by atoms with van der Waals surface area (Å²) in [7, 11) is 1.50. The van der Waals surface area contributed by atoms with Crippen LogP contribution in [-0.4, -0.2) is 37.9 Å². The Hall–Kier alpha value is -3.11. The summed E-state index contributed by atoms with van der Waals surface area (Å²) in [5.74, 6) is 1.63. The third-order valence-corrected chi connectivity index (χ3v) is 4.47. The molecule has 28 heavy (non-hydrogen) atoms. The van der Waals surface area contributed by atoms with E-state index in [0.29, 0.717) is 16.8 Å². The van der Waals surface area contributed by atoms with E-state index in [1.807, 2.05) is 0 Å². The van der Waals surface area contributed by atoms with E-state index in [2.05, 4.69) is 32.5 Å². The van der Waals surface area contributed by atoms with Gasteiger partial charge in [-0.3, -0.25) is 14.4 Å². The van der Waals surface area contributed by atoms with Crippen molar-refractivity contribution in [2.24, 2.45) is 0 Å². The van der Waals surface area contributed by atoms with Crippen LogP contribution in [0.15, 0.2) is 53.0 Å². The largest absolute Gasteiger partial charge is 0.358 e. The van der Waals surface area contributed by atoms with Crippen LogP contribution in [0.25, 0.3) is 0 Å². The van der Waals surface area contributed by atoms with Crippen molar-refractivity contribution in [1.29, 1.82) is 0 Å². The third-order valence-electron chi connectivity index (χ3n) is 3.94. The predicted molar refractivity (Wildman–Crippen MR) is 112 cm³/mol. The molecule has 0 saturated carbocycles. The summed E-state index contributed by atoms with van der Waals surface area (Å²) in [5, 5.41) is 5.21. The molecule has 2 aromatic carbocycles. The number of hydrogen-bond acceptors (Lipinski definition) is 3. The molecule has 2 rings (SSSR count). The molecule has 0 aliphatic heterocycles. The Morgan fingerprint density at radius 3 is 2.50 bits per heavy atom. The molecule has 2 aromatic rings. The number of terminal acetylenes is 1. The Labute approximate surface area is 172 Å². The molecule has 0 aliphatic rings. The van der Waals surface area contributed by atoms with Gasteiger partial charge in [-0.05, 0) is 42.5 Å². The average Bonchev–Trinajstić information content (AvgIpc) is 2.72. The Bertz CT molecular complexity index is 904. The predicted octanol–water partition coefficient (Wildman–Crippen LogP) is 2.33. The van der Waals surface area contributed by atoms with Crippen LogP contribution in [0.5, 0.6) is 0 Å². The van der Waals surface area contributed by atoms with Crippen molar-refractivity contribution >= 4 is 39.3 Å². The highest BCUT2D eigenvalue weighted by Crippen LogP contribution is 2.17. The number of carbonyl (C=O) groups is 3. The second kappa shape index (κ2) is 10.3. The highest BCUT2D eigenvalue weighted by atomic mass is 79.9. The fourth-order valence-electron chi connectivity index (χ4n) is 2.43. The van der Waals surface area contributed by atoms with Crippen LogP contribution in [0.4, 0.5) is 5.69 Å². The SMILES string of the molecule is C#Cc1cccc(N(CC(=O)NC)C(=O)CCNC(=O)c2ccc(Br)cc2)c1. The summed E-state index contributed by atoms with van der Waals surface area (Å²) in [6.45, 7) is 0.0107. The Balaban J connectivity index is 2.03. The fraction of sp³-hybridized carbons (Fsp3) is 0.190. The zero-order chi connectivity index (χ0) is 20.5. The lowest BCUT2D eigenvalue weighted by Gasteiger charge is -2.22. The second-order valence-corrected chi connectivity index (χ2v) is 6.78. The quantitative estimate of drug-likeness (QED) is 0.647. The van der Waals surface area contributed by atoms with E-state index >= 15 is 0 Å². The fourth-order valence-corrected chi connectivity index (χ4v) is 2.70. The van der Waals surface area contributed by atoms with E-state index in [-0.39, 0.29) is 37.2 Å². The van der Waals surface area contributed by atoms with Crippen LogP contribution < -0.4 is 15.5 Å². The van der Waals surface area contributed by atoms with Crippen molar-refractivity contribution in [2.45, 2.75) is 6.42 Å². The van der Waals surface area contributed by atoms with E-state index < -0.39 is 0 Å².